The molecule has 4 rings (SSSR count). The van der Waals surface area contributed by atoms with Crippen LogP contribution in [0.4, 0.5) is 4.79 Å². The van der Waals surface area contributed by atoms with Crippen LogP contribution < -0.4 is 14.2 Å². The highest BCUT2D eigenvalue weighted by Gasteiger charge is 2.24. The smallest absolute Gasteiger partial charge is 0.416 e. The van der Waals surface area contributed by atoms with E-state index in [4.69, 9.17) is 18.6 Å². The number of hydrogen-bond donors (Lipinski definition) is 1. The number of amides is 1. The maximum atomic E-state index is 12.8. The predicted octanol–water partition coefficient (Wildman–Crippen LogP) is 5.18. The number of nitrogens with zero attached hydrogens (tertiary/aromatic N) is 2. The van der Waals surface area contributed by atoms with Crippen molar-refractivity contribution in [2.75, 3.05) is 13.2 Å². The van der Waals surface area contributed by atoms with Crippen LogP contribution in [-0.2, 0) is 17.8 Å². The van der Waals surface area contributed by atoms with Crippen molar-refractivity contribution in [3.8, 4) is 17.2 Å². The Balaban J connectivity index is 0.00000361. The number of aromatic nitrogens is 1. The number of carbonyl (C=O) groups is 2. The van der Waals surface area contributed by atoms with E-state index in [0.717, 1.165) is 29.2 Å². The first-order chi connectivity index (χ1) is 16.9. The highest BCUT2D eigenvalue weighted by atomic mass is 16.6. The standard InChI is InChI=1S/C26H28N2O7.CH4/c1-17-24(27-18(2)33-17)11-12-32-21-6-3-5-19(13-21)15-28(16-25(29)30)26(31)35-23-8-4-7-22(14-23)34-20-9-10-20;/h3-8,13-14,20H,9-12,15-16H2,1-2H3,(H,29,30);1H4. The summed E-state index contributed by atoms with van der Waals surface area (Å²) in [6.45, 7) is 3.60. The van der Waals surface area contributed by atoms with E-state index in [1.807, 2.05) is 6.92 Å². The second-order valence-corrected chi connectivity index (χ2v) is 8.39. The summed E-state index contributed by atoms with van der Waals surface area (Å²) in [4.78, 5) is 29.7. The SMILES string of the molecule is C.Cc1nc(CCOc2cccc(CN(CC(=O)O)C(=O)Oc3cccc(OC4CC4)c3)c2)c(C)o1. The Kier molecular flexibility index (Phi) is 8.94. The quantitative estimate of drug-likeness (QED) is 0.387. The van der Waals surface area contributed by atoms with E-state index in [2.05, 4.69) is 4.98 Å². The van der Waals surface area contributed by atoms with Crippen molar-refractivity contribution >= 4 is 12.1 Å². The third-order valence-electron chi connectivity index (χ3n) is 5.30. The van der Waals surface area contributed by atoms with Crippen molar-refractivity contribution in [3.63, 3.8) is 0 Å². The zero-order valence-electron chi connectivity index (χ0n) is 19.7. The molecule has 36 heavy (non-hydrogen) atoms. The van der Waals surface area contributed by atoms with Gasteiger partial charge in [-0.15, -0.1) is 0 Å². The van der Waals surface area contributed by atoms with Crippen LogP contribution in [0.25, 0.3) is 0 Å². The summed E-state index contributed by atoms with van der Waals surface area (Å²) in [7, 11) is 0. The van der Waals surface area contributed by atoms with E-state index < -0.39 is 18.6 Å². The second-order valence-electron chi connectivity index (χ2n) is 8.39. The molecule has 1 N–H and O–H groups in total. The summed E-state index contributed by atoms with van der Waals surface area (Å²) in [5.74, 6) is 1.76. The molecule has 9 heteroatoms. The number of hydrogen-bond acceptors (Lipinski definition) is 7. The second kappa shape index (κ2) is 12.1. The van der Waals surface area contributed by atoms with Gasteiger partial charge in [-0.1, -0.05) is 25.6 Å². The summed E-state index contributed by atoms with van der Waals surface area (Å²) in [6, 6.07) is 13.9. The molecular formula is C27H32N2O7. The van der Waals surface area contributed by atoms with E-state index in [1.165, 1.54) is 0 Å². The van der Waals surface area contributed by atoms with Crippen LogP contribution in [0.2, 0.25) is 0 Å². The molecule has 1 aliphatic carbocycles. The van der Waals surface area contributed by atoms with Crippen molar-refractivity contribution < 1.29 is 33.3 Å². The summed E-state index contributed by atoms with van der Waals surface area (Å²) in [6.07, 6.45) is 2.06. The number of rotatable bonds is 11. The van der Waals surface area contributed by atoms with Gasteiger partial charge in [0.05, 0.1) is 18.4 Å². The molecule has 0 saturated heterocycles. The lowest BCUT2D eigenvalue weighted by Gasteiger charge is -2.20. The van der Waals surface area contributed by atoms with Crippen molar-refractivity contribution in [1.29, 1.82) is 0 Å². The van der Waals surface area contributed by atoms with Gasteiger partial charge in [0, 0.05) is 26.0 Å². The molecule has 1 fully saturated rings. The maximum absolute atomic E-state index is 12.8. The van der Waals surface area contributed by atoms with E-state index >= 15 is 0 Å². The first kappa shape index (κ1) is 26.6. The van der Waals surface area contributed by atoms with Gasteiger partial charge >= 0.3 is 12.1 Å². The van der Waals surface area contributed by atoms with E-state index in [0.29, 0.717) is 41.7 Å². The summed E-state index contributed by atoms with van der Waals surface area (Å²) in [5, 5.41) is 9.32. The number of carboxylic acids is 1. The first-order valence-corrected chi connectivity index (χ1v) is 11.5. The Morgan fingerprint density at radius 2 is 1.81 bits per heavy atom. The number of aliphatic carboxylic acids is 1. The lowest BCUT2D eigenvalue weighted by atomic mass is 10.2. The van der Waals surface area contributed by atoms with Crippen LogP contribution >= 0.6 is 0 Å². The zero-order valence-corrected chi connectivity index (χ0v) is 19.7. The van der Waals surface area contributed by atoms with Gasteiger partial charge in [-0.2, -0.15) is 0 Å². The van der Waals surface area contributed by atoms with Gasteiger partial charge in [-0.3, -0.25) is 9.69 Å². The Morgan fingerprint density at radius 1 is 1.08 bits per heavy atom. The molecule has 9 nitrogen and oxygen atoms in total. The molecule has 0 atom stereocenters. The molecule has 0 aliphatic heterocycles. The number of ether oxygens (including phenoxy) is 3. The van der Waals surface area contributed by atoms with Gasteiger partial charge in [-0.25, -0.2) is 9.78 Å². The number of oxazole rings is 1. The third-order valence-corrected chi connectivity index (χ3v) is 5.30. The minimum absolute atomic E-state index is 0. The van der Waals surface area contributed by atoms with Gasteiger partial charge in [0.2, 0.25) is 0 Å². The fourth-order valence-electron chi connectivity index (χ4n) is 3.53. The van der Waals surface area contributed by atoms with Gasteiger partial charge in [0.25, 0.3) is 0 Å². The minimum Gasteiger partial charge on any atom is -0.493 e. The van der Waals surface area contributed by atoms with E-state index in [9.17, 15) is 14.7 Å². The summed E-state index contributed by atoms with van der Waals surface area (Å²) < 4.78 is 22.4. The van der Waals surface area contributed by atoms with Gasteiger partial charge in [0.1, 0.15) is 29.6 Å². The molecule has 0 bridgehead atoms. The molecule has 3 aromatic rings. The first-order valence-electron chi connectivity index (χ1n) is 11.5. The van der Waals surface area contributed by atoms with Crippen molar-refractivity contribution in [2.45, 2.75) is 53.2 Å². The van der Waals surface area contributed by atoms with Crippen molar-refractivity contribution in [2.24, 2.45) is 0 Å². The topological polar surface area (TPSA) is 111 Å². The van der Waals surface area contributed by atoms with Crippen molar-refractivity contribution in [3.05, 3.63) is 71.4 Å². The van der Waals surface area contributed by atoms with Gasteiger partial charge < -0.3 is 23.7 Å². The Hall–Kier alpha value is -4.01. The average Bonchev–Trinajstić information content (AvgIpc) is 3.56. The number of aryl methyl sites for hydroxylation is 2. The third kappa shape index (κ3) is 7.76. The van der Waals surface area contributed by atoms with Crippen molar-refractivity contribution in [1.82, 2.24) is 9.88 Å². The highest BCUT2D eigenvalue weighted by Crippen LogP contribution is 2.29. The fourth-order valence-corrected chi connectivity index (χ4v) is 3.53. The van der Waals surface area contributed by atoms with Crippen LogP contribution in [0.1, 0.15) is 43.2 Å². The Bertz CT molecular complexity index is 1190. The lowest BCUT2D eigenvalue weighted by Crippen LogP contribution is -2.37. The average molecular weight is 497 g/mol. The van der Waals surface area contributed by atoms with E-state index in [-0.39, 0.29) is 20.1 Å². The molecule has 0 radical (unpaired) electrons. The monoisotopic (exact) mass is 496 g/mol. The number of benzene rings is 2. The molecule has 2 aromatic carbocycles. The Labute approximate surface area is 210 Å². The molecule has 1 aromatic heterocycles. The van der Waals surface area contributed by atoms with Crippen LogP contribution in [0.3, 0.4) is 0 Å². The van der Waals surface area contributed by atoms with Crippen LogP contribution in [0, 0.1) is 13.8 Å². The van der Waals surface area contributed by atoms with Crippen LogP contribution in [0.5, 0.6) is 17.2 Å². The molecule has 1 saturated carbocycles. The Morgan fingerprint density at radius 3 is 2.50 bits per heavy atom. The normalized spacial score (nSPS) is 12.4. The largest absolute Gasteiger partial charge is 0.493 e. The minimum atomic E-state index is -1.14. The summed E-state index contributed by atoms with van der Waals surface area (Å²) >= 11 is 0. The molecule has 0 spiro atoms. The van der Waals surface area contributed by atoms with Gasteiger partial charge in [-0.05, 0) is 49.6 Å². The highest BCUT2D eigenvalue weighted by molar-refractivity contribution is 5.78. The molecule has 1 amide bonds. The van der Waals surface area contributed by atoms with Crippen LogP contribution in [0.15, 0.2) is 52.9 Å². The predicted molar refractivity (Wildman–Crippen MR) is 133 cm³/mol. The lowest BCUT2D eigenvalue weighted by molar-refractivity contribution is -0.138. The molecule has 192 valence electrons. The van der Waals surface area contributed by atoms with Gasteiger partial charge in [0.15, 0.2) is 5.89 Å². The number of carbonyl (C=O) groups excluding carboxylic acids is 1. The molecule has 1 heterocycles. The summed E-state index contributed by atoms with van der Waals surface area (Å²) in [5.41, 5.74) is 1.56. The molecule has 0 unspecified atom stereocenters. The fraction of sp³-hybridized carbons (Fsp3) is 0.370. The number of carboxylic acid groups (broad SMARTS) is 1. The zero-order chi connectivity index (χ0) is 24.8. The molecule has 1 aliphatic rings. The van der Waals surface area contributed by atoms with Crippen LogP contribution in [-0.4, -0.2) is 46.3 Å². The maximum Gasteiger partial charge on any atom is 0.416 e. The molecular weight excluding hydrogens is 464 g/mol. The van der Waals surface area contributed by atoms with E-state index in [1.54, 1.807) is 55.5 Å².